The van der Waals surface area contributed by atoms with E-state index in [1.165, 1.54) is 10.6 Å². The second-order valence-electron chi connectivity index (χ2n) is 6.45. The van der Waals surface area contributed by atoms with Crippen molar-refractivity contribution >= 4 is 23.2 Å². The van der Waals surface area contributed by atoms with Gasteiger partial charge in [0.25, 0.3) is 5.91 Å². The molecule has 0 unspecified atom stereocenters. The number of aromatic nitrogens is 3. The SMILES string of the molecule is CCn1c2c(sc1=NC(=O)CN1CCCC1=O)CCc1c-2cnn1C. The predicted molar refractivity (Wildman–Crippen MR) is 94.0 cm³/mol. The molecule has 1 fully saturated rings. The molecule has 8 heteroatoms. The number of amides is 2. The third-order valence-corrected chi connectivity index (χ3v) is 6.06. The van der Waals surface area contributed by atoms with Gasteiger partial charge in [0.1, 0.15) is 6.54 Å². The summed E-state index contributed by atoms with van der Waals surface area (Å²) in [6.07, 6.45) is 5.18. The molecule has 0 saturated carbocycles. The third-order valence-electron chi connectivity index (χ3n) is 4.92. The number of hydrogen-bond donors (Lipinski definition) is 0. The standard InChI is InChI=1S/C17H21N5O2S/c1-3-22-16-11-9-18-20(2)12(11)6-7-13(16)25-17(22)19-14(23)10-21-8-4-5-15(21)24/h9H,3-8,10H2,1-2H3. The number of carbonyl (C=O) groups is 2. The van der Waals surface area contributed by atoms with Gasteiger partial charge >= 0.3 is 0 Å². The quantitative estimate of drug-likeness (QED) is 0.824. The molecule has 2 aliphatic rings. The summed E-state index contributed by atoms with van der Waals surface area (Å²) in [5, 5.41) is 4.39. The van der Waals surface area contributed by atoms with Crippen LogP contribution in [-0.2, 0) is 36.0 Å². The van der Waals surface area contributed by atoms with Gasteiger partial charge in [0.15, 0.2) is 4.80 Å². The van der Waals surface area contributed by atoms with Crippen molar-refractivity contribution < 1.29 is 9.59 Å². The Morgan fingerprint density at radius 1 is 1.36 bits per heavy atom. The Kier molecular flexibility index (Phi) is 4.07. The number of thiazole rings is 1. The predicted octanol–water partition coefficient (Wildman–Crippen LogP) is 1.12. The van der Waals surface area contributed by atoms with Gasteiger partial charge in [-0.3, -0.25) is 14.3 Å². The Balaban J connectivity index is 1.71. The van der Waals surface area contributed by atoms with Crippen LogP contribution in [0.25, 0.3) is 11.3 Å². The topological polar surface area (TPSA) is 72.5 Å². The number of likely N-dealkylation sites (tertiary alicyclic amines) is 1. The van der Waals surface area contributed by atoms with Gasteiger partial charge in [0, 0.05) is 42.7 Å². The lowest BCUT2D eigenvalue weighted by atomic mass is 10.00. The smallest absolute Gasteiger partial charge is 0.267 e. The van der Waals surface area contributed by atoms with Gasteiger partial charge in [-0.25, -0.2) is 0 Å². The molecule has 132 valence electrons. The fourth-order valence-electron chi connectivity index (χ4n) is 3.67. The molecule has 0 radical (unpaired) electrons. The second-order valence-corrected chi connectivity index (χ2v) is 7.52. The van der Waals surface area contributed by atoms with Gasteiger partial charge in [-0.15, -0.1) is 11.3 Å². The number of nitrogens with zero attached hydrogens (tertiary/aromatic N) is 5. The highest BCUT2D eigenvalue weighted by molar-refractivity contribution is 7.09. The molecule has 0 atom stereocenters. The van der Waals surface area contributed by atoms with Crippen LogP contribution in [0, 0.1) is 0 Å². The Morgan fingerprint density at radius 2 is 2.20 bits per heavy atom. The maximum atomic E-state index is 12.4. The van der Waals surface area contributed by atoms with Gasteiger partial charge in [0.05, 0.1) is 11.9 Å². The van der Waals surface area contributed by atoms with E-state index in [-0.39, 0.29) is 18.4 Å². The van der Waals surface area contributed by atoms with Crippen LogP contribution in [-0.4, -0.2) is 44.2 Å². The zero-order chi connectivity index (χ0) is 17.6. The van der Waals surface area contributed by atoms with E-state index >= 15 is 0 Å². The lowest BCUT2D eigenvalue weighted by Crippen LogP contribution is -2.31. The van der Waals surface area contributed by atoms with Crippen molar-refractivity contribution in [2.45, 2.75) is 39.2 Å². The van der Waals surface area contributed by atoms with E-state index in [9.17, 15) is 9.59 Å². The Labute approximate surface area is 149 Å². The lowest BCUT2D eigenvalue weighted by molar-refractivity contribution is -0.132. The number of aryl methyl sites for hydroxylation is 2. The van der Waals surface area contributed by atoms with Crippen LogP contribution in [0.2, 0.25) is 0 Å². The molecule has 0 N–H and O–H groups in total. The van der Waals surface area contributed by atoms with Gasteiger partial charge in [-0.05, 0) is 26.2 Å². The zero-order valence-corrected chi connectivity index (χ0v) is 15.3. The highest BCUT2D eigenvalue weighted by Crippen LogP contribution is 2.34. The molecule has 1 aliphatic heterocycles. The molecule has 0 spiro atoms. The molecule has 0 bridgehead atoms. The highest BCUT2D eigenvalue weighted by Gasteiger charge is 2.26. The van der Waals surface area contributed by atoms with Crippen LogP contribution in [0.3, 0.4) is 0 Å². The van der Waals surface area contributed by atoms with Crippen LogP contribution < -0.4 is 4.80 Å². The van der Waals surface area contributed by atoms with Crippen molar-refractivity contribution in [3.63, 3.8) is 0 Å². The summed E-state index contributed by atoms with van der Waals surface area (Å²) in [6, 6.07) is 0. The van der Waals surface area contributed by atoms with Gasteiger partial charge in [-0.2, -0.15) is 10.1 Å². The molecule has 7 nitrogen and oxygen atoms in total. The number of carbonyl (C=O) groups excluding carboxylic acids is 2. The summed E-state index contributed by atoms with van der Waals surface area (Å²) in [5.41, 5.74) is 3.52. The average molecular weight is 359 g/mol. The van der Waals surface area contributed by atoms with Crippen LogP contribution in [0.4, 0.5) is 0 Å². The molecule has 25 heavy (non-hydrogen) atoms. The fraction of sp³-hybridized carbons (Fsp3) is 0.529. The largest absolute Gasteiger partial charge is 0.333 e. The average Bonchev–Trinajstić information content (AvgIpc) is 3.25. The number of rotatable bonds is 3. The molecule has 2 amide bonds. The van der Waals surface area contributed by atoms with Gasteiger partial charge < -0.3 is 9.47 Å². The summed E-state index contributed by atoms with van der Waals surface area (Å²) in [4.78, 5) is 32.0. The molecule has 3 heterocycles. The van der Waals surface area contributed by atoms with Gasteiger partial charge in [0.2, 0.25) is 5.91 Å². The van der Waals surface area contributed by atoms with E-state index in [1.54, 1.807) is 16.2 Å². The maximum Gasteiger partial charge on any atom is 0.267 e. The minimum atomic E-state index is -0.248. The normalized spacial score (nSPS) is 17.1. The molecule has 0 aromatic carbocycles. The molecule has 1 aliphatic carbocycles. The number of fused-ring (bicyclic) bond motifs is 3. The number of hydrogen-bond acceptors (Lipinski definition) is 4. The first kappa shape index (κ1) is 16.3. The minimum absolute atomic E-state index is 0.0531. The zero-order valence-electron chi connectivity index (χ0n) is 14.5. The Hall–Kier alpha value is -2.22. The van der Waals surface area contributed by atoms with E-state index in [0.29, 0.717) is 13.0 Å². The Morgan fingerprint density at radius 3 is 2.92 bits per heavy atom. The van der Waals surface area contributed by atoms with Crippen LogP contribution in [0.15, 0.2) is 11.2 Å². The minimum Gasteiger partial charge on any atom is -0.333 e. The molecule has 1 saturated heterocycles. The fourth-order valence-corrected chi connectivity index (χ4v) is 4.89. The highest BCUT2D eigenvalue weighted by atomic mass is 32.1. The first-order valence-corrected chi connectivity index (χ1v) is 9.49. The molecule has 2 aromatic heterocycles. The third kappa shape index (κ3) is 2.74. The molecule has 2 aromatic rings. The van der Waals surface area contributed by atoms with Crippen molar-refractivity contribution in [2.24, 2.45) is 12.0 Å². The van der Waals surface area contributed by atoms with Crippen molar-refractivity contribution in [1.29, 1.82) is 0 Å². The van der Waals surface area contributed by atoms with Crippen LogP contribution >= 0.6 is 11.3 Å². The summed E-state index contributed by atoms with van der Waals surface area (Å²) in [7, 11) is 1.97. The first-order valence-electron chi connectivity index (χ1n) is 8.67. The summed E-state index contributed by atoms with van der Waals surface area (Å²) >= 11 is 1.58. The monoisotopic (exact) mass is 359 g/mol. The lowest BCUT2D eigenvalue weighted by Gasteiger charge is -2.15. The molecule has 4 rings (SSSR count). The second kappa shape index (κ2) is 6.25. The maximum absolute atomic E-state index is 12.4. The van der Waals surface area contributed by atoms with E-state index in [1.807, 2.05) is 17.9 Å². The van der Waals surface area contributed by atoms with Crippen molar-refractivity contribution in [1.82, 2.24) is 19.2 Å². The van der Waals surface area contributed by atoms with E-state index in [2.05, 4.69) is 21.6 Å². The van der Waals surface area contributed by atoms with Crippen molar-refractivity contribution in [3.05, 3.63) is 21.6 Å². The summed E-state index contributed by atoms with van der Waals surface area (Å²) in [5.74, 6) is -0.195. The molecular weight excluding hydrogens is 338 g/mol. The first-order chi connectivity index (χ1) is 12.1. The van der Waals surface area contributed by atoms with Crippen LogP contribution in [0.1, 0.15) is 30.3 Å². The molecular formula is C17H21N5O2S. The summed E-state index contributed by atoms with van der Waals surface area (Å²) in [6.45, 7) is 3.55. The van der Waals surface area contributed by atoms with Crippen molar-refractivity contribution in [2.75, 3.05) is 13.1 Å². The van der Waals surface area contributed by atoms with E-state index in [0.717, 1.165) is 41.9 Å². The van der Waals surface area contributed by atoms with Crippen molar-refractivity contribution in [3.8, 4) is 11.3 Å². The Bertz CT molecular complexity index is 920. The van der Waals surface area contributed by atoms with Crippen LogP contribution in [0.5, 0.6) is 0 Å². The van der Waals surface area contributed by atoms with E-state index < -0.39 is 0 Å². The summed E-state index contributed by atoms with van der Waals surface area (Å²) < 4.78 is 4.03. The van der Waals surface area contributed by atoms with Gasteiger partial charge in [-0.1, -0.05) is 0 Å². The van der Waals surface area contributed by atoms with E-state index in [4.69, 9.17) is 0 Å².